The molecule has 0 unspecified atom stereocenters. The van der Waals surface area contributed by atoms with Crippen LogP contribution in [0.1, 0.15) is 35.0 Å². The minimum Gasteiger partial charge on any atom is -0.393 e. The van der Waals surface area contributed by atoms with E-state index in [1.54, 1.807) is 18.7 Å². The van der Waals surface area contributed by atoms with Gasteiger partial charge in [0.2, 0.25) is 0 Å². The van der Waals surface area contributed by atoms with Crippen molar-refractivity contribution in [2.24, 2.45) is 0 Å². The van der Waals surface area contributed by atoms with E-state index in [1.807, 2.05) is 0 Å². The van der Waals surface area contributed by atoms with Crippen molar-refractivity contribution < 1.29 is 23.1 Å². The third kappa shape index (κ3) is 4.45. The first-order valence-corrected chi connectivity index (χ1v) is 11.3. The molecule has 0 spiro atoms. The van der Waals surface area contributed by atoms with Gasteiger partial charge in [-0.25, -0.2) is 4.79 Å². The third-order valence-electron chi connectivity index (χ3n) is 5.14. The standard InChI is InChI=1S/C18H22F3N3O4S2/c1-3-23-14(26)12-10(2)13(15(27)22-6-4-11(25)5-7-22)30-16(12)24(17(23)28)8-9-29-18(19,20)21/h11,25H,3-9H2,1-2H3. The van der Waals surface area contributed by atoms with Crippen LogP contribution < -0.4 is 11.2 Å². The molecule has 0 atom stereocenters. The molecule has 1 amide bonds. The maximum Gasteiger partial charge on any atom is 0.441 e. The fraction of sp³-hybridized carbons (Fsp3) is 0.611. The lowest BCUT2D eigenvalue weighted by molar-refractivity contribution is -0.0328. The normalized spacial score (nSPS) is 15.9. The number of thioether (sulfide) groups is 1. The highest BCUT2D eigenvalue weighted by Crippen LogP contribution is 2.32. The lowest BCUT2D eigenvalue weighted by Crippen LogP contribution is -2.40. The Morgan fingerprint density at radius 3 is 2.43 bits per heavy atom. The van der Waals surface area contributed by atoms with Crippen LogP contribution in [-0.4, -0.2) is 55.5 Å². The number of alkyl halides is 3. The van der Waals surface area contributed by atoms with Gasteiger partial charge in [-0.3, -0.25) is 18.7 Å². The molecule has 1 aliphatic heterocycles. The number of halogens is 3. The number of rotatable bonds is 5. The topological polar surface area (TPSA) is 84.5 Å². The lowest BCUT2D eigenvalue weighted by Gasteiger charge is -2.29. The monoisotopic (exact) mass is 465 g/mol. The van der Waals surface area contributed by atoms with Crippen molar-refractivity contribution in [1.82, 2.24) is 14.0 Å². The number of aliphatic hydroxyl groups is 1. The van der Waals surface area contributed by atoms with Gasteiger partial charge in [-0.1, -0.05) is 0 Å². The summed E-state index contributed by atoms with van der Waals surface area (Å²) in [4.78, 5) is 40.7. The minimum absolute atomic E-state index is 0.0720. The largest absolute Gasteiger partial charge is 0.441 e. The Labute approximate surface area is 178 Å². The molecule has 1 N–H and O–H groups in total. The zero-order chi connectivity index (χ0) is 22.2. The van der Waals surface area contributed by atoms with Crippen LogP contribution in [0.4, 0.5) is 13.2 Å². The van der Waals surface area contributed by atoms with Crippen molar-refractivity contribution in [2.45, 2.75) is 51.4 Å². The van der Waals surface area contributed by atoms with Gasteiger partial charge < -0.3 is 10.0 Å². The van der Waals surface area contributed by atoms with Gasteiger partial charge in [0.15, 0.2) is 0 Å². The van der Waals surface area contributed by atoms with E-state index in [4.69, 9.17) is 0 Å². The number of hydrogen-bond donors (Lipinski definition) is 1. The molecule has 2 aromatic heterocycles. The van der Waals surface area contributed by atoms with E-state index in [9.17, 15) is 32.7 Å². The molecule has 0 bridgehead atoms. The predicted octanol–water partition coefficient (Wildman–Crippen LogP) is 2.40. The molecular formula is C18H22F3N3O4S2. The van der Waals surface area contributed by atoms with Gasteiger partial charge in [-0.05, 0) is 44.0 Å². The highest BCUT2D eigenvalue weighted by molar-refractivity contribution is 8.00. The third-order valence-corrected chi connectivity index (χ3v) is 7.15. The summed E-state index contributed by atoms with van der Waals surface area (Å²) >= 11 is 0.726. The summed E-state index contributed by atoms with van der Waals surface area (Å²) in [6, 6.07) is 0. The minimum atomic E-state index is -4.42. The molecule has 1 saturated heterocycles. The van der Waals surface area contributed by atoms with Crippen LogP contribution in [0.2, 0.25) is 0 Å². The number of piperidine rings is 1. The SMILES string of the molecule is CCn1c(=O)c2c(C)c(C(=O)N3CCC(O)CC3)sc2n(CCSC(F)(F)F)c1=O. The van der Waals surface area contributed by atoms with Gasteiger partial charge in [0.25, 0.3) is 11.5 Å². The van der Waals surface area contributed by atoms with E-state index in [0.29, 0.717) is 36.4 Å². The quantitative estimate of drug-likeness (QED) is 0.733. The van der Waals surface area contributed by atoms with E-state index in [0.717, 1.165) is 20.5 Å². The second-order valence-corrected chi connectivity index (χ2v) is 9.20. The second kappa shape index (κ2) is 8.75. The van der Waals surface area contributed by atoms with Crippen molar-refractivity contribution in [2.75, 3.05) is 18.8 Å². The molecule has 0 aromatic carbocycles. The second-order valence-electron chi connectivity index (χ2n) is 7.04. The molecule has 30 heavy (non-hydrogen) atoms. The fourth-order valence-corrected chi connectivity index (χ4v) is 5.33. The number of aromatic nitrogens is 2. The molecule has 2 aromatic rings. The average molecular weight is 466 g/mol. The molecular weight excluding hydrogens is 443 g/mol. The Hall–Kier alpha value is -1.79. The van der Waals surface area contributed by atoms with Crippen LogP contribution in [0.3, 0.4) is 0 Å². The molecule has 0 aliphatic carbocycles. The maximum atomic E-state index is 13.0. The fourth-order valence-electron chi connectivity index (χ4n) is 3.54. The summed E-state index contributed by atoms with van der Waals surface area (Å²) < 4.78 is 39.8. The molecule has 3 rings (SSSR count). The summed E-state index contributed by atoms with van der Waals surface area (Å²) in [6.07, 6.45) is 0.459. The summed E-state index contributed by atoms with van der Waals surface area (Å²) in [5, 5.41) is 9.84. The van der Waals surface area contributed by atoms with Crippen molar-refractivity contribution in [3.8, 4) is 0 Å². The Kier molecular flexibility index (Phi) is 6.68. The number of nitrogens with zero attached hydrogens (tertiary/aromatic N) is 3. The van der Waals surface area contributed by atoms with Crippen LogP contribution in [0.15, 0.2) is 9.59 Å². The van der Waals surface area contributed by atoms with Crippen LogP contribution in [0.5, 0.6) is 0 Å². The van der Waals surface area contributed by atoms with E-state index >= 15 is 0 Å². The van der Waals surface area contributed by atoms with Crippen molar-refractivity contribution in [3.05, 3.63) is 31.3 Å². The molecule has 3 heterocycles. The molecule has 0 saturated carbocycles. The van der Waals surface area contributed by atoms with Crippen molar-refractivity contribution >= 4 is 39.2 Å². The van der Waals surface area contributed by atoms with Gasteiger partial charge in [-0.15, -0.1) is 11.3 Å². The van der Waals surface area contributed by atoms with E-state index < -0.39 is 22.9 Å². The van der Waals surface area contributed by atoms with Crippen LogP contribution in [0, 0.1) is 6.92 Å². The molecule has 7 nitrogen and oxygen atoms in total. The lowest BCUT2D eigenvalue weighted by atomic mass is 10.1. The Balaban J connectivity index is 2.08. The van der Waals surface area contributed by atoms with Crippen molar-refractivity contribution in [3.63, 3.8) is 0 Å². The Bertz CT molecular complexity index is 1070. The number of aryl methyl sites for hydroxylation is 2. The van der Waals surface area contributed by atoms with Gasteiger partial charge in [-0.2, -0.15) is 13.2 Å². The van der Waals surface area contributed by atoms with E-state index in [1.165, 1.54) is 0 Å². The number of thiophene rings is 1. The van der Waals surface area contributed by atoms with E-state index in [2.05, 4.69) is 0 Å². The predicted molar refractivity (Wildman–Crippen MR) is 110 cm³/mol. The number of carbonyl (C=O) groups excluding carboxylic acids is 1. The zero-order valence-corrected chi connectivity index (χ0v) is 18.1. The molecule has 12 heteroatoms. The molecule has 1 aliphatic rings. The first-order chi connectivity index (χ1) is 14.0. The van der Waals surface area contributed by atoms with Gasteiger partial charge in [0.1, 0.15) is 4.83 Å². The molecule has 166 valence electrons. The highest BCUT2D eigenvalue weighted by Gasteiger charge is 2.30. The Morgan fingerprint density at radius 1 is 1.23 bits per heavy atom. The van der Waals surface area contributed by atoms with Gasteiger partial charge >= 0.3 is 11.2 Å². The number of fused-ring (bicyclic) bond motifs is 1. The summed E-state index contributed by atoms with van der Waals surface area (Å²) in [6.45, 7) is 3.82. The number of amides is 1. The van der Waals surface area contributed by atoms with E-state index in [-0.39, 0.29) is 46.7 Å². The maximum absolute atomic E-state index is 13.0. The Morgan fingerprint density at radius 2 is 1.87 bits per heavy atom. The number of aliphatic hydroxyl groups excluding tert-OH is 1. The first kappa shape index (κ1) is 22.9. The first-order valence-electron chi connectivity index (χ1n) is 9.50. The highest BCUT2D eigenvalue weighted by atomic mass is 32.2. The smallest absolute Gasteiger partial charge is 0.393 e. The number of likely N-dealkylation sites (tertiary alicyclic amines) is 1. The summed E-state index contributed by atoms with van der Waals surface area (Å²) in [5.41, 5.74) is -5.22. The van der Waals surface area contributed by atoms with Gasteiger partial charge in [0.05, 0.1) is 16.4 Å². The summed E-state index contributed by atoms with van der Waals surface area (Å²) in [5.74, 6) is -0.684. The molecule has 0 radical (unpaired) electrons. The summed E-state index contributed by atoms with van der Waals surface area (Å²) in [7, 11) is 0. The van der Waals surface area contributed by atoms with Crippen LogP contribution >= 0.6 is 23.1 Å². The van der Waals surface area contributed by atoms with Crippen LogP contribution in [0.25, 0.3) is 10.2 Å². The average Bonchev–Trinajstić information content (AvgIpc) is 3.01. The zero-order valence-electron chi connectivity index (χ0n) is 16.5. The van der Waals surface area contributed by atoms with Crippen LogP contribution in [-0.2, 0) is 13.1 Å². The number of carbonyl (C=O) groups is 1. The van der Waals surface area contributed by atoms with Gasteiger partial charge in [0, 0.05) is 31.9 Å². The molecule has 1 fully saturated rings. The number of hydrogen-bond acceptors (Lipinski definition) is 6. The van der Waals surface area contributed by atoms with Crippen molar-refractivity contribution in [1.29, 1.82) is 0 Å².